The highest BCUT2D eigenvalue weighted by atomic mass is 35.5. The Hall–Kier alpha value is -1.73. The third-order valence-corrected chi connectivity index (χ3v) is 6.16. The van der Waals surface area contributed by atoms with Crippen molar-refractivity contribution in [2.24, 2.45) is 0 Å². The number of thiophene rings is 1. The molecule has 0 bridgehead atoms. The van der Waals surface area contributed by atoms with Gasteiger partial charge in [0.25, 0.3) is 5.91 Å². The zero-order chi connectivity index (χ0) is 18.7. The number of amides is 1. The molecule has 0 aliphatic carbocycles. The Kier molecular flexibility index (Phi) is 7.56. The number of likely N-dealkylation sites (N-methyl/N-ethyl adjacent to an activating group) is 1. The maximum absolute atomic E-state index is 12.9. The number of aryl methyl sites for hydroxylation is 2. The lowest BCUT2D eigenvalue weighted by molar-refractivity contribution is -0.114. The molecule has 3 rings (SSSR count). The molecule has 3 aromatic rings. The lowest BCUT2D eigenvalue weighted by atomic mass is 10.1. The van der Waals surface area contributed by atoms with Gasteiger partial charge in [0.1, 0.15) is 0 Å². The van der Waals surface area contributed by atoms with Gasteiger partial charge in [-0.15, -0.1) is 23.7 Å². The molecule has 0 aliphatic heterocycles. The monoisotopic (exact) mass is 421 g/mol. The minimum atomic E-state index is -0.0336. The van der Waals surface area contributed by atoms with Crippen LogP contribution >= 0.6 is 35.1 Å². The molecule has 0 spiro atoms. The molecule has 0 atom stereocenters. The molecule has 0 unspecified atom stereocenters. The van der Waals surface area contributed by atoms with E-state index in [-0.39, 0.29) is 18.3 Å². The van der Waals surface area contributed by atoms with Crippen molar-refractivity contribution < 1.29 is 4.79 Å². The van der Waals surface area contributed by atoms with Crippen LogP contribution in [0.15, 0.2) is 35.7 Å². The third kappa shape index (κ3) is 5.17. The maximum Gasteiger partial charge on any atom is 0.252 e. The number of hydrogen-bond donors (Lipinski definition) is 0. The Morgan fingerprint density at radius 2 is 1.96 bits per heavy atom. The Labute approximate surface area is 174 Å². The number of aromatic nitrogens is 1. The molecule has 0 N–H and O–H groups in total. The highest BCUT2D eigenvalue weighted by Crippen LogP contribution is 2.32. The highest BCUT2D eigenvalue weighted by molar-refractivity contribution is 7.22. The molecule has 2 aromatic heterocycles. The van der Waals surface area contributed by atoms with Crippen LogP contribution in [-0.2, 0) is 4.79 Å². The molecule has 1 amide bonds. The van der Waals surface area contributed by atoms with E-state index in [2.05, 4.69) is 30.9 Å². The van der Waals surface area contributed by atoms with E-state index in [1.54, 1.807) is 33.6 Å². The summed E-state index contributed by atoms with van der Waals surface area (Å²) in [6.45, 7) is 5.57. The summed E-state index contributed by atoms with van der Waals surface area (Å²) >= 11 is 3.20. The van der Waals surface area contributed by atoms with Crippen LogP contribution in [0.2, 0.25) is 0 Å². The molecule has 0 aliphatic rings. The van der Waals surface area contributed by atoms with Crippen molar-refractivity contribution >= 4 is 62.4 Å². The fourth-order valence-electron chi connectivity index (χ4n) is 2.56. The Bertz CT molecular complexity index is 932. The van der Waals surface area contributed by atoms with Gasteiger partial charge in [-0.2, -0.15) is 0 Å². The number of nitrogens with zero attached hydrogens (tertiary/aromatic N) is 3. The van der Waals surface area contributed by atoms with E-state index in [0.29, 0.717) is 6.54 Å². The summed E-state index contributed by atoms with van der Waals surface area (Å²) in [5.41, 5.74) is 3.40. The molecule has 0 saturated heterocycles. The van der Waals surface area contributed by atoms with Crippen LogP contribution in [0.3, 0.4) is 0 Å². The molecule has 7 heteroatoms. The third-order valence-electron chi connectivity index (χ3n) is 4.27. The summed E-state index contributed by atoms with van der Waals surface area (Å²) in [7, 11) is 4.02. The number of benzene rings is 1. The second kappa shape index (κ2) is 9.46. The summed E-state index contributed by atoms with van der Waals surface area (Å²) in [5, 5.41) is 2.77. The summed E-state index contributed by atoms with van der Waals surface area (Å²) in [6, 6.07) is 8.19. The van der Waals surface area contributed by atoms with Gasteiger partial charge in [-0.3, -0.25) is 9.69 Å². The van der Waals surface area contributed by atoms with E-state index in [9.17, 15) is 4.79 Å². The molecule has 27 heavy (non-hydrogen) atoms. The Balaban J connectivity index is 0.00000261. The lowest BCUT2D eigenvalue weighted by Gasteiger charge is -2.20. The van der Waals surface area contributed by atoms with Crippen LogP contribution in [0.1, 0.15) is 16.0 Å². The SMILES string of the molecule is Cc1ccc2sc(N(CCN(C)C)C(=O)/C=C/c3cccs3)nc2c1C.Cl. The van der Waals surface area contributed by atoms with Crippen molar-refractivity contribution in [3.05, 3.63) is 51.7 Å². The van der Waals surface area contributed by atoms with E-state index in [1.807, 2.05) is 37.7 Å². The standard InChI is InChI=1S/C20H23N3OS2.ClH/c1-14-7-9-17-19(15(14)2)21-20(26-17)23(12-11-22(3)4)18(24)10-8-16-6-5-13-25-16;/h5-10,13H,11-12H2,1-4H3;1H/b10-8+;. The molecule has 0 saturated carbocycles. The summed E-state index contributed by atoms with van der Waals surface area (Å²) < 4.78 is 1.12. The number of anilines is 1. The second-order valence-corrected chi connectivity index (χ2v) is 8.48. The number of carbonyl (C=O) groups is 1. The first-order chi connectivity index (χ1) is 12.5. The highest BCUT2D eigenvalue weighted by Gasteiger charge is 2.19. The fourth-order valence-corrected chi connectivity index (χ4v) is 4.23. The van der Waals surface area contributed by atoms with Gasteiger partial charge in [0.05, 0.1) is 10.2 Å². The largest absolute Gasteiger partial charge is 0.308 e. The van der Waals surface area contributed by atoms with Crippen molar-refractivity contribution in [3.8, 4) is 0 Å². The summed E-state index contributed by atoms with van der Waals surface area (Å²) in [4.78, 5) is 22.6. The molecular weight excluding hydrogens is 398 g/mol. The summed E-state index contributed by atoms with van der Waals surface area (Å²) in [5.74, 6) is -0.0336. The van der Waals surface area contributed by atoms with E-state index in [0.717, 1.165) is 26.8 Å². The predicted molar refractivity (Wildman–Crippen MR) is 121 cm³/mol. The molecule has 2 heterocycles. The minimum Gasteiger partial charge on any atom is -0.308 e. The van der Waals surface area contributed by atoms with Gasteiger partial charge >= 0.3 is 0 Å². The molecular formula is C20H24ClN3OS2. The Morgan fingerprint density at radius 3 is 2.63 bits per heavy atom. The van der Waals surface area contributed by atoms with Crippen molar-refractivity contribution in [2.45, 2.75) is 13.8 Å². The summed E-state index contributed by atoms with van der Waals surface area (Å²) in [6.07, 6.45) is 3.52. The number of carbonyl (C=O) groups excluding carboxylic acids is 1. The van der Waals surface area contributed by atoms with Crippen molar-refractivity contribution in [1.29, 1.82) is 0 Å². The van der Waals surface area contributed by atoms with Crippen molar-refractivity contribution in [2.75, 3.05) is 32.1 Å². The van der Waals surface area contributed by atoms with Gasteiger partial charge in [-0.05, 0) is 62.7 Å². The number of hydrogen-bond acceptors (Lipinski definition) is 5. The van der Waals surface area contributed by atoms with Gasteiger partial charge in [0.15, 0.2) is 5.13 Å². The lowest BCUT2D eigenvalue weighted by Crippen LogP contribution is -2.35. The van der Waals surface area contributed by atoms with E-state index < -0.39 is 0 Å². The first kappa shape index (κ1) is 21.6. The second-order valence-electron chi connectivity index (χ2n) is 6.49. The normalized spacial score (nSPS) is 11.3. The van der Waals surface area contributed by atoms with Crippen LogP contribution in [0.4, 0.5) is 5.13 Å². The number of fused-ring (bicyclic) bond motifs is 1. The molecule has 4 nitrogen and oxygen atoms in total. The number of rotatable bonds is 6. The van der Waals surface area contributed by atoms with Gasteiger partial charge in [0, 0.05) is 24.0 Å². The first-order valence-corrected chi connectivity index (χ1v) is 10.2. The van der Waals surface area contributed by atoms with Crippen molar-refractivity contribution in [3.63, 3.8) is 0 Å². The molecule has 0 radical (unpaired) electrons. The Morgan fingerprint density at radius 1 is 1.19 bits per heavy atom. The maximum atomic E-state index is 12.9. The average Bonchev–Trinajstić information content (AvgIpc) is 3.26. The molecule has 0 fully saturated rings. The van der Waals surface area contributed by atoms with Crippen LogP contribution in [-0.4, -0.2) is 43.0 Å². The zero-order valence-corrected chi connectivity index (χ0v) is 18.4. The van der Waals surface area contributed by atoms with Crippen LogP contribution in [0.25, 0.3) is 16.3 Å². The average molecular weight is 422 g/mol. The fraction of sp³-hybridized carbons (Fsp3) is 0.300. The van der Waals surface area contributed by atoms with Crippen molar-refractivity contribution in [1.82, 2.24) is 9.88 Å². The van der Waals surface area contributed by atoms with Gasteiger partial charge in [-0.25, -0.2) is 4.98 Å². The van der Waals surface area contributed by atoms with Gasteiger partial charge in [-0.1, -0.05) is 23.5 Å². The minimum absolute atomic E-state index is 0. The van der Waals surface area contributed by atoms with Crippen LogP contribution in [0.5, 0.6) is 0 Å². The van der Waals surface area contributed by atoms with E-state index in [1.165, 1.54) is 11.1 Å². The van der Waals surface area contributed by atoms with Crippen LogP contribution in [0, 0.1) is 13.8 Å². The van der Waals surface area contributed by atoms with Gasteiger partial charge < -0.3 is 4.90 Å². The molecule has 1 aromatic carbocycles. The van der Waals surface area contributed by atoms with E-state index >= 15 is 0 Å². The predicted octanol–water partition coefficient (Wildman–Crippen LogP) is 5.00. The quantitative estimate of drug-likeness (QED) is 0.525. The van der Waals surface area contributed by atoms with Crippen LogP contribution < -0.4 is 4.90 Å². The topological polar surface area (TPSA) is 36.4 Å². The van der Waals surface area contributed by atoms with Gasteiger partial charge in [0.2, 0.25) is 0 Å². The number of halogens is 1. The number of thiazole rings is 1. The smallest absolute Gasteiger partial charge is 0.252 e. The first-order valence-electron chi connectivity index (χ1n) is 8.50. The molecule has 144 valence electrons. The zero-order valence-electron chi connectivity index (χ0n) is 15.9. The van der Waals surface area contributed by atoms with E-state index in [4.69, 9.17) is 4.98 Å².